The summed E-state index contributed by atoms with van der Waals surface area (Å²) in [5.41, 5.74) is 6.48. The molecule has 3 N–H and O–H groups in total. The van der Waals surface area contributed by atoms with Gasteiger partial charge >= 0.3 is 0 Å². The first-order valence-corrected chi connectivity index (χ1v) is 7.41. The largest absolute Gasteiger partial charge is 0.323 e. The number of anilines is 1. The predicted molar refractivity (Wildman–Crippen MR) is 81.0 cm³/mol. The highest BCUT2D eigenvalue weighted by Gasteiger charge is 2.19. The van der Waals surface area contributed by atoms with Gasteiger partial charge < -0.3 is 11.1 Å². The Kier molecular flexibility index (Phi) is 5.63. The monoisotopic (exact) mass is 426 g/mol. The van der Waals surface area contributed by atoms with E-state index >= 15 is 0 Å². The van der Waals surface area contributed by atoms with Crippen molar-refractivity contribution in [3.05, 3.63) is 25.6 Å². The lowest BCUT2D eigenvalue weighted by atomic mass is 10.1. The molecule has 1 aromatic rings. The van der Waals surface area contributed by atoms with Crippen molar-refractivity contribution < 1.29 is 4.79 Å². The summed E-state index contributed by atoms with van der Waals surface area (Å²) in [5, 5.41) is 2.81. The molecule has 0 aliphatic rings. The van der Waals surface area contributed by atoms with Crippen molar-refractivity contribution in [3.63, 3.8) is 0 Å². The van der Waals surface area contributed by atoms with Crippen LogP contribution in [0.2, 0.25) is 0 Å². The van der Waals surface area contributed by atoms with Gasteiger partial charge in [0.2, 0.25) is 5.91 Å². The lowest BCUT2D eigenvalue weighted by Gasteiger charge is -2.17. The topological polar surface area (TPSA) is 55.1 Å². The van der Waals surface area contributed by atoms with E-state index in [0.29, 0.717) is 5.69 Å². The van der Waals surface area contributed by atoms with Gasteiger partial charge in [-0.2, -0.15) is 0 Å². The number of benzene rings is 1. The number of nitrogens with one attached hydrogen (secondary N) is 1. The standard InChI is InChI=1S/C11H13Br3N2O/c1-5(2)9(15)11(17)16-10-7(13)3-6(12)4-8(10)14/h3-5,9H,15H2,1-2H3,(H,16,17)/t9-/m0/s1. The Bertz CT molecular complexity index is 412. The minimum absolute atomic E-state index is 0.1000. The fourth-order valence-electron chi connectivity index (χ4n) is 1.17. The minimum Gasteiger partial charge on any atom is -0.323 e. The van der Waals surface area contributed by atoms with Crippen LogP contribution in [0.4, 0.5) is 5.69 Å². The number of halogens is 3. The second-order valence-electron chi connectivity index (χ2n) is 4.00. The zero-order valence-corrected chi connectivity index (χ0v) is 14.2. The van der Waals surface area contributed by atoms with Crippen molar-refractivity contribution in [3.8, 4) is 0 Å². The lowest BCUT2D eigenvalue weighted by Crippen LogP contribution is -2.39. The summed E-state index contributed by atoms with van der Waals surface area (Å²) in [6, 6.07) is 3.21. The van der Waals surface area contributed by atoms with Gasteiger partial charge in [-0.3, -0.25) is 4.79 Å². The van der Waals surface area contributed by atoms with Crippen molar-refractivity contribution in [1.82, 2.24) is 0 Å². The maximum absolute atomic E-state index is 11.9. The number of carbonyl (C=O) groups is 1. The van der Waals surface area contributed by atoms with Gasteiger partial charge in [0.25, 0.3) is 0 Å². The molecule has 0 radical (unpaired) electrons. The van der Waals surface area contributed by atoms with Gasteiger partial charge in [-0.1, -0.05) is 29.8 Å². The molecule has 0 aromatic heterocycles. The molecular formula is C11H13Br3N2O. The highest BCUT2D eigenvalue weighted by molar-refractivity contribution is 9.11. The molecule has 0 unspecified atom stereocenters. The fourth-order valence-corrected chi connectivity index (χ4v) is 3.63. The highest BCUT2D eigenvalue weighted by Crippen LogP contribution is 2.34. The summed E-state index contributed by atoms with van der Waals surface area (Å²) < 4.78 is 2.51. The number of rotatable bonds is 3. The molecule has 0 saturated heterocycles. The zero-order valence-electron chi connectivity index (χ0n) is 9.43. The van der Waals surface area contributed by atoms with E-state index in [1.165, 1.54) is 0 Å². The zero-order chi connectivity index (χ0) is 13.2. The molecule has 3 nitrogen and oxygen atoms in total. The van der Waals surface area contributed by atoms with Crippen LogP contribution in [0.1, 0.15) is 13.8 Å². The molecule has 0 aliphatic carbocycles. The van der Waals surface area contributed by atoms with E-state index < -0.39 is 6.04 Å². The van der Waals surface area contributed by atoms with Crippen LogP contribution in [0, 0.1) is 5.92 Å². The van der Waals surface area contributed by atoms with E-state index in [1.807, 2.05) is 26.0 Å². The normalized spacial score (nSPS) is 12.6. The second-order valence-corrected chi connectivity index (χ2v) is 6.63. The SMILES string of the molecule is CC(C)[C@H](N)C(=O)Nc1c(Br)cc(Br)cc1Br. The van der Waals surface area contributed by atoms with Crippen LogP contribution < -0.4 is 11.1 Å². The first kappa shape index (κ1) is 15.1. The second kappa shape index (κ2) is 6.31. The van der Waals surface area contributed by atoms with Crippen molar-refractivity contribution in [1.29, 1.82) is 0 Å². The van der Waals surface area contributed by atoms with Gasteiger partial charge in [0, 0.05) is 13.4 Å². The Morgan fingerprint density at radius 1 is 1.24 bits per heavy atom. The molecule has 0 fully saturated rings. The first-order valence-electron chi connectivity index (χ1n) is 5.04. The number of carbonyl (C=O) groups excluding carboxylic acids is 1. The minimum atomic E-state index is -0.516. The van der Waals surface area contributed by atoms with Gasteiger partial charge in [0.15, 0.2) is 0 Å². The van der Waals surface area contributed by atoms with E-state index in [9.17, 15) is 4.79 Å². The maximum Gasteiger partial charge on any atom is 0.241 e. The summed E-state index contributed by atoms with van der Waals surface area (Å²) in [6.07, 6.45) is 0. The molecule has 1 amide bonds. The molecule has 6 heteroatoms. The van der Waals surface area contributed by atoms with Gasteiger partial charge in [0.1, 0.15) is 0 Å². The van der Waals surface area contributed by atoms with E-state index in [0.717, 1.165) is 13.4 Å². The Morgan fingerprint density at radius 3 is 2.12 bits per heavy atom. The van der Waals surface area contributed by atoms with Crippen LogP contribution in [0.3, 0.4) is 0 Å². The van der Waals surface area contributed by atoms with E-state index in [4.69, 9.17) is 5.73 Å². The number of hydrogen-bond donors (Lipinski definition) is 2. The predicted octanol–water partition coefficient (Wildman–Crippen LogP) is 3.90. The molecule has 0 heterocycles. The summed E-state index contributed by atoms with van der Waals surface area (Å²) in [7, 11) is 0. The molecule has 1 rings (SSSR count). The Balaban J connectivity index is 2.93. The maximum atomic E-state index is 11.9. The molecule has 0 aliphatic heterocycles. The molecule has 94 valence electrons. The van der Waals surface area contributed by atoms with Crippen LogP contribution in [-0.4, -0.2) is 11.9 Å². The average Bonchev–Trinajstić information content (AvgIpc) is 2.21. The third-order valence-corrected chi connectivity index (χ3v) is 3.98. The van der Waals surface area contributed by atoms with Gasteiger partial charge in [-0.15, -0.1) is 0 Å². The van der Waals surface area contributed by atoms with E-state index in [1.54, 1.807) is 0 Å². The van der Waals surface area contributed by atoms with Crippen molar-refractivity contribution in [2.75, 3.05) is 5.32 Å². The molecule has 1 aromatic carbocycles. The third-order valence-electron chi connectivity index (χ3n) is 2.28. The summed E-state index contributed by atoms with van der Waals surface area (Å²) in [4.78, 5) is 11.9. The Labute approximate surface area is 126 Å². The highest BCUT2D eigenvalue weighted by atomic mass is 79.9. The number of hydrogen-bond acceptors (Lipinski definition) is 2. The first-order chi connectivity index (χ1) is 7.82. The average molecular weight is 429 g/mol. The molecule has 0 spiro atoms. The molecule has 0 bridgehead atoms. The van der Waals surface area contributed by atoms with Crippen molar-refractivity contribution in [2.24, 2.45) is 11.7 Å². The number of amides is 1. The molecule has 1 atom stereocenters. The van der Waals surface area contributed by atoms with Crippen LogP contribution in [0.25, 0.3) is 0 Å². The smallest absolute Gasteiger partial charge is 0.241 e. The van der Waals surface area contributed by atoms with Crippen LogP contribution in [0.15, 0.2) is 25.6 Å². The summed E-state index contributed by atoms with van der Waals surface area (Å²) in [5.74, 6) is -0.0910. The van der Waals surface area contributed by atoms with E-state index in [2.05, 4.69) is 53.1 Å². The van der Waals surface area contributed by atoms with Crippen LogP contribution in [0.5, 0.6) is 0 Å². The van der Waals surface area contributed by atoms with Gasteiger partial charge in [-0.05, 0) is 49.9 Å². The van der Waals surface area contributed by atoms with E-state index in [-0.39, 0.29) is 11.8 Å². The van der Waals surface area contributed by atoms with Crippen molar-refractivity contribution in [2.45, 2.75) is 19.9 Å². The third kappa shape index (κ3) is 4.05. The Hall–Kier alpha value is 0.0900. The quantitative estimate of drug-likeness (QED) is 0.767. The molecule has 17 heavy (non-hydrogen) atoms. The van der Waals surface area contributed by atoms with Crippen LogP contribution in [-0.2, 0) is 4.79 Å². The van der Waals surface area contributed by atoms with Crippen LogP contribution >= 0.6 is 47.8 Å². The Morgan fingerprint density at radius 2 is 1.71 bits per heavy atom. The molecule has 0 saturated carbocycles. The molecular weight excluding hydrogens is 416 g/mol. The summed E-state index contributed by atoms with van der Waals surface area (Å²) >= 11 is 10.2. The fraction of sp³-hybridized carbons (Fsp3) is 0.364. The number of nitrogens with two attached hydrogens (primary N) is 1. The van der Waals surface area contributed by atoms with Crippen molar-refractivity contribution >= 4 is 59.4 Å². The van der Waals surface area contributed by atoms with Gasteiger partial charge in [-0.25, -0.2) is 0 Å². The summed E-state index contributed by atoms with van der Waals surface area (Å²) in [6.45, 7) is 3.83. The van der Waals surface area contributed by atoms with Gasteiger partial charge in [0.05, 0.1) is 11.7 Å². The lowest BCUT2D eigenvalue weighted by molar-refractivity contribution is -0.118.